The number of benzene rings is 1. The monoisotopic (exact) mass is 263 g/mol. The van der Waals surface area contributed by atoms with Gasteiger partial charge in [0.2, 0.25) is 0 Å². The molecule has 0 radical (unpaired) electrons. The zero-order chi connectivity index (χ0) is 13.1. The minimum Gasteiger partial charge on any atom is -0.396 e. The van der Waals surface area contributed by atoms with Gasteiger partial charge in [0, 0.05) is 18.8 Å². The van der Waals surface area contributed by atoms with Crippen molar-refractivity contribution in [3.63, 3.8) is 0 Å². The van der Waals surface area contributed by atoms with E-state index in [0.29, 0.717) is 0 Å². The van der Waals surface area contributed by atoms with Crippen LogP contribution in [0.5, 0.6) is 0 Å². The number of aliphatic hydroxyl groups excluding tert-OH is 1. The highest BCUT2D eigenvalue weighted by molar-refractivity contribution is 7.79. The fraction of sp³-hybridized carbons (Fsp3) is 0.400. The van der Waals surface area contributed by atoms with Gasteiger partial charge in [-0.15, -0.1) is 0 Å². The molecule has 98 valence electrons. The lowest BCUT2D eigenvalue weighted by Crippen LogP contribution is -2.01. The van der Waals surface area contributed by atoms with E-state index in [0.717, 1.165) is 25.1 Å². The van der Waals surface area contributed by atoms with Gasteiger partial charge in [-0.1, -0.05) is 18.2 Å². The highest BCUT2D eigenvalue weighted by Gasteiger charge is 1.88. The third-order valence-electron chi connectivity index (χ3n) is 1.69. The van der Waals surface area contributed by atoms with E-state index in [-0.39, 0.29) is 6.61 Å². The van der Waals surface area contributed by atoms with Gasteiger partial charge in [-0.2, -0.15) is 8.42 Å². The summed E-state index contributed by atoms with van der Waals surface area (Å²) in [4.78, 5) is 0. The summed E-state index contributed by atoms with van der Waals surface area (Å²) in [6, 6.07) is 10.1. The number of nitrogens with one attached hydrogen (secondary N) is 1. The summed E-state index contributed by atoms with van der Waals surface area (Å²) in [5.41, 5.74) is 1.15. The Morgan fingerprint density at radius 1 is 1.06 bits per heavy atom. The van der Waals surface area contributed by atoms with Crippen LogP contribution in [0.2, 0.25) is 0 Å². The highest BCUT2D eigenvalue weighted by atomic mass is 32.3. The molecule has 1 aromatic rings. The van der Waals surface area contributed by atoms with Gasteiger partial charge in [0.05, 0.1) is 0 Å². The van der Waals surface area contributed by atoms with Gasteiger partial charge in [-0.05, 0) is 25.0 Å². The van der Waals surface area contributed by atoms with Crippen molar-refractivity contribution in [1.82, 2.24) is 0 Å². The summed E-state index contributed by atoms with van der Waals surface area (Å²) in [6.45, 7) is 1.22. The Kier molecular flexibility index (Phi) is 8.34. The van der Waals surface area contributed by atoms with E-state index in [1.165, 1.54) is 0 Å². The minimum absolute atomic E-state index is 0.288. The van der Waals surface area contributed by atoms with Gasteiger partial charge in [-0.25, -0.2) is 0 Å². The third kappa shape index (κ3) is 14.8. The van der Waals surface area contributed by atoms with E-state index < -0.39 is 10.4 Å². The maximum atomic E-state index is 8.74. The first-order valence-corrected chi connectivity index (χ1v) is 6.43. The summed E-state index contributed by atoms with van der Waals surface area (Å²) in [6.07, 6.45) is 1.89. The lowest BCUT2D eigenvalue weighted by atomic mass is 10.3. The molecule has 4 N–H and O–H groups in total. The molecule has 0 aliphatic rings. The predicted molar refractivity (Wildman–Crippen MR) is 65.4 cm³/mol. The average molecular weight is 263 g/mol. The molecule has 0 heterocycles. The van der Waals surface area contributed by atoms with Crippen molar-refractivity contribution in [2.24, 2.45) is 0 Å². The molecule has 7 heteroatoms. The Labute approximate surface area is 101 Å². The van der Waals surface area contributed by atoms with Gasteiger partial charge in [0.15, 0.2) is 0 Å². The average Bonchev–Trinajstić information content (AvgIpc) is 2.24. The second-order valence-corrected chi connectivity index (χ2v) is 4.07. The van der Waals surface area contributed by atoms with Crippen molar-refractivity contribution in [1.29, 1.82) is 0 Å². The molecule has 0 atom stereocenters. The summed E-state index contributed by atoms with van der Waals surface area (Å²) in [5, 5.41) is 11.8. The quantitative estimate of drug-likeness (QED) is 0.470. The van der Waals surface area contributed by atoms with Gasteiger partial charge >= 0.3 is 10.4 Å². The van der Waals surface area contributed by atoms with Gasteiger partial charge in [0.25, 0.3) is 0 Å². The normalized spacial score (nSPS) is 10.3. The van der Waals surface area contributed by atoms with Crippen LogP contribution in [0.3, 0.4) is 0 Å². The Hall–Kier alpha value is -1.15. The van der Waals surface area contributed by atoms with Crippen LogP contribution in [0.4, 0.5) is 5.69 Å². The SMILES string of the molecule is O=S(=O)(O)O.OCCCCNc1ccccc1. The van der Waals surface area contributed by atoms with Crippen LogP contribution >= 0.6 is 0 Å². The van der Waals surface area contributed by atoms with E-state index in [9.17, 15) is 0 Å². The fourth-order valence-corrected chi connectivity index (χ4v) is 1.03. The van der Waals surface area contributed by atoms with Gasteiger partial charge in [0.1, 0.15) is 0 Å². The van der Waals surface area contributed by atoms with Crippen molar-refractivity contribution >= 4 is 16.1 Å². The molecule has 0 aliphatic carbocycles. The first-order valence-electron chi connectivity index (χ1n) is 5.03. The molecule has 0 fully saturated rings. The Morgan fingerprint density at radius 3 is 2.06 bits per heavy atom. The Morgan fingerprint density at radius 2 is 1.59 bits per heavy atom. The highest BCUT2D eigenvalue weighted by Crippen LogP contribution is 2.04. The molecular weight excluding hydrogens is 246 g/mol. The van der Waals surface area contributed by atoms with Crippen LogP contribution < -0.4 is 5.32 Å². The maximum Gasteiger partial charge on any atom is 0.394 e. The van der Waals surface area contributed by atoms with Crippen molar-refractivity contribution in [2.45, 2.75) is 12.8 Å². The number of rotatable bonds is 5. The van der Waals surface area contributed by atoms with E-state index in [1.807, 2.05) is 30.3 Å². The van der Waals surface area contributed by atoms with Crippen LogP contribution in [-0.4, -0.2) is 35.8 Å². The maximum absolute atomic E-state index is 8.74. The largest absolute Gasteiger partial charge is 0.396 e. The second-order valence-electron chi connectivity index (χ2n) is 3.17. The molecule has 1 aromatic carbocycles. The smallest absolute Gasteiger partial charge is 0.394 e. The first kappa shape index (κ1) is 15.9. The van der Waals surface area contributed by atoms with Crippen molar-refractivity contribution in [3.8, 4) is 0 Å². The van der Waals surface area contributed by atoms with Crippen molar-refractivity contribution < 1.29 is 22.6 Å². The van der Waals surface area contributed by atoms with E-state index >= 15 is 0 Å². The molecule has 6 nitrogen and oxygen atoms in total. The summed E-state index contributed by atoms with van der Waals surface area (Å²) in [5.74, 6) is 0. The predicted octanol–water partition coefficient (Wildman–Crippen LogP) is 1.22. The van der Waals surface area contributed by atoms with E-state index in [4.69, 9.17) is 22.6 Å². The molecule has 1 rings (SSSR count). The Bertz CT molecular complexity index is 371. The lowest BCUT2D eigenvalue weighted by molar-refractivity contribution is 0.286. The second kappa shape index (κ2) is 8.94. The summed E-state index contributed by atoms with van der Waals surface area (Å²) >= 11 is 0. The number of unbranched alkanes of at least 4 members (excludes halogenated alkanes) is 1. The molecule has 0 amide bonds. The molecule has 0 unspecified atom stereocenters. The molecule has 0 aliphatic heterocycles. The van der Waals surface area contributed by atoms with Gasteiger partial charge in [-0.3, -0.25) is 9.11 Å². The zero-order valence-electron chi connectivity index (χ0n) is 9.28. The number of hydrogen-bond donors (Lipinski definition) is 4. The lowest BCUT2D eigenvalue weighted by Gasteiger charge is -2.04. The topological polar surface area (TPSA) is 107 Å². The van der Waals surface area contributed by atoms with Crippen LogP contribution in [0.15, 0.2) is 30.3 Å². The molecule has 0 saturated heterocycles. The summed E-state index contributed by atoms with van der Waals surface area (Å²) < 4.78 is 31.6. The zero-order valence-corrected chi connectivity index (χ0v) is 10.1. The first-order chi connectivity index (χ1) is 7.93. The molecule has 0 saturated carbocycles. The van der Waals surface area contributed by atoms with Crippen LogP contribution in [0.1, 0.15) is 12.8 Å². The summed E-state index contributed by atoms with van der Waals surface area (Å²) in [7, 11) is -4.67. The van der Waals surface area contributed by atoms with Gasteiger partial charge < -0.3 is 10.4 Å². The van der Waals surface area contributed by atoms with Crippen molar-refractivity contribution in [3.05, 3.63) is 30.3 Å². The number of hydrogen-bond acceptors (Lipinski definition) is 4. The molecule has 0 aromatic heterocycles. The molecule has 17 heavy (non-hydrogen) atoms. The molecule has 0 bridgehead atoms. The number of anilines is 1. The standard InChI is InChI=1S/C10H15NO.H2O4S/c12-9-5-4-8-11-10-6-2-1-3-7-10;1-5(2,3)4/h1-3,6-7,11-12H,4-5,8-9H2;(H2,1,2,3,4). The molecule has 0 spiro atoms. The van der Waals surface area contributed by atoms with Crippen LogP contribution in [0, 0.1) is 0 Å². The Balaban J connectivity index is 0.000000437. The third-order valence-corrected chi connectivity index (χ3v) is 1.69. The number of aliphatic hydroxyl groups is 1. The van der Waals surface area contributed by atoms with Crippen LogP contribution in [-0.2, 0) is 10.4 Å². The fourth-order valence-electron chi connectivity index (χ4n) is 1.03. The number of para-hydroxylation sites is 1. The van der Waals surface area contributed by atoms with Crippen LogP contribution in [0.25, 0.3) is 0 Å². The van der Waals surface area contributed by atoms with Crippen molar-refractivity contribution in [2.75, 3.05) is 18.5 Å². The van der Waals surface area contributed by atoms with E-state index in [1.54, 1.807) is 0 Å². The molecular formula is C10H17NO5S. The van der Waals surface area contributed by atoms with E-state index in [2.05, 4.69) is 5.32 Å². The minimum atomic E-state index is -4.67.